The highest BCUT2D eigenvalue weighted by molar-refractivity contribution is 7.13. The topological polar surface area (TPSA) is 75.6 Å². The molecule has 5 nitrogen and oxygen atoms in total. The molecule has 100 valence electrons. The first kappa shape index (κ1) is 14.7. The number of carbonyl (C=O) groups excluding carboxylic acids is 1. The van der Waals surface area contributed by atoms with Crippen LogP contribution in [0.3, 0.4) is 0 Å². The van der Waals surface area contributed by atoms with Crippen LogP contribution in [0.2, 0.25) is 0 Å². The molecule has 1 amide bonds. The summed E-state index contributed by atoms with van der Waals surface area (Å²) in [5, 5.41) is 11.5. The van der Waals surface area contributed by atoms with Crippen molar-refractivity contribution in [2.24, 2.45) is 0 Å². The molecule has 0 aliphatic rings. The highest BCUT2D eigenvalue weighted by Gasteiger charge is 2.09. The van der Waals surface area contributed by atoms with Crippen LogP contribution in [0.5, 0.6) is 0 Å². The first-order chi connectivity index (χ1) is 8.52. The molecule has 1 rings (SSSR count). The zero-order valence-corrected chi connectivity index (χ0v) is 11.3. The Morgan fingerprint density at radius 1 is 1.50 bits per heavy atom. The Labute approximate surface area is 110 Å². The van der Waals surface area contributed by atoms with E-state index in [1.165, 1.54) is 11.3 Å². The monoisotopic (exact) mass is 271 g/mol. The predicted octanol–water partition coefficient (Wildman–Crippen LogP) is 1.88. The highest BCUT2D eigenvalue weighted by atomic mass is 32.1. The lowest BCUT2D eigenvalue weighted by atomic mass is 10.2. The summed E-state index contributed by atoms with van der Waals surface area (Å²) in [6, 6.07) is 3.26. The van der Waals surface area contributed by atoms with Crippen LogP contribution in [-0.2, 0) is 16.1 Å². The van der Waals surface area contributed by atoms with E-state index in [0.29, 0.717) is 19.4 Å². The van der Waals surface area contributed by atoms with Gasteiger partial charge in [-0.25, -0.2) is 4.79 Å². The van der Waals surface area contributed by atoms with E-state index in [2.05, 4.69) is 5.32 Å². The van der Waals surface area contributed by atoms with Crippen LogP contribution in [0, 0.1) is 0 Å². The van der Waals surface area contributed by atoms with Crippen molar-refractivity contribution in [2.45, 2.75) is 32.4 Å². The molecule has 1 unspecified atom stereocenters. The second-order valence-corrected chi connectivity index (χ2v) is 5.10. The summed E-state index contributed by atoms with van der Waals surface area (Å²) >= 11 is 1.17. The Balaban J connectivity index is 2.31. The van der Waals surface area contributed by atoms with E-state index < -0.39 is 5.97 Å². The maximum Gasteiger partial charge on any atom is 0.345 e. The van der Waals surface area contributed by atoms with Crippen molar-refractivity contribution in [1.29, 1.82) is 0 Å². The lowest BCUT2D eigenvalue weighted by molar-refractivity contribution is -0.121. The average molecular weight is 271 g/mol. The highest BCUT2D eigenvalue weighted by Crippen LogP contribution is 2.16. The molecular weight excluding hydrogens is 254 g/mol. The molecule has 18 heavy (non-hydrogen) atoms. The summed E-state index contributed by atoms with van der Waals surface area (Å²) in [6.07, 6.45) is 1.15. The van der Waals surface area contributed by atoms with Crippen LogP contribution in [0.25, 0.3) is 0 Å². The number of ether oxygens (including phenoxy) is 1. The normalized spacial score (nSPS) is 12.1. The maximum absolute atomic E-state index is 11.5. The first-order valence-corrected chi connectivity index (χ1v) is 6.46. The third kappa shape index (κ3) is 4.85. The molecule has 0 bridgehead atoms. The standard InChI is InChI=1S/C12H17NO4S/c1-8(17-2)3-6-11(14)13-7-9-4-5-10(18-9)12(15)16/h4-5,8H,3,6-7H2,1-2H3,(H,13,14)(H,15,16). The van der Waals surface area contributed by atoms with E-state index in [1.807, 2.05) is 6.92 Å². The number of carbonyl (C=O) groups is 2. The minimum Gasteiger partial charge on any atom is -0.477 e. The van der Waals surface area contributed by atoms with Crippen LogP contribution in [0.4, 0.5) is 0 Å². The molecule has 0 fully saturated rings. The second-order valence-electron chi connectivity index (χ2n) is 3.93. The average Bonchev–Trinajstić information content (AvgIpc) is 2.82. The van der Waals surface area contributed by atoms with Crippen LogP contribution in [0.15, 0.2) is 12.1 Å². The number of hydrogen-bond donors (Lipinski definition) is 2. The number of methoxy groups -OCH3 is 1. The summed E-state index contributed by atoms with van der Waals surface area (Å²) in [5.74, 6) is -0.990. The minimum absolute atomic E-state index is 0.0517. The minimum atomic E-state index is -0.938. The largest absolute Gasteiger partial charge is 0.477 e. The number of thiophene rings is 1. The fourth-order valence-electron chi connectivity index (χ4n) is 1.31. The molecule has 1 aromatic rings. The number of carboxylic acid groups (broad SMARTS) is 1. The van der Waals surface area contributed by atoms with Gasteiger partial charge in [0.05, 0.1) is 12.6 Å². The molecule has 0 aliphatic carbocycles. The van der Waals surface area contributed by atoms with E-state index in [4.69, 9.17) is 9.84 Å². The zero-order chi connectivity index (χ0) is 13.5. The van der Waals surface area contributed by atoms with Gasteiger partial charge in [-0.15, -0.1) is 11.3 Å². The lowest BCUT2D eigenvalue weighted by Crippen LogP contribution is -2.23. The van der Waals surface area contributed by atoms with Crippen molar-refractivity contribution in [3.63, 3.8) is 0 Å². The van der Waals surface area contributed by atoms with E-state index >= 15 is 0 Å². The smallest absolute Gasteiger partial charge is 0.345 e. The van der Waals surface area contributed by atoms with Crippen LogP contribution in [-0.4, -0.2) is 30.2 Å². The van der Waals surface area contributed by atoms with Gasteiger partial charge in [0.25, 0.3) is 0 Å². The van der Waals surface area contributed by atoms with Gasteiger partial charge in [0.1, 0.15) is 4.88 Å². The number of nitrogens with one attached hydrogen (secondary N) is 1. The van der Waals surface area contributed by atoms with Gasteiger partial charge < -0.3 is 15.2 Å². The van der Waals surface area contributed by atoms with Gasteiger partial charge in [0, 0.05) is 18.4 Å². The van der Waals surface area contributed by atoms with Crippen molar-refractivity contribution in [1.82, 2.24) is 5.32 Å². The number of aromatic carboxylic acids is 1. The molecular formula is C12H17NO4S. The molecule has 0 spiro atoms. The number of carboxylic acids is 1. The van der Waals surface area contributed by atoms with Gasteiger partial charge in [-0.05, 0) is 25.5 Å². The molecule has 0 aromatic carbocycles. The summed E-state index contributed by atoms with van der Waals surface area (Å²) in [7, 11) is 1.61. The fraction of sp³-hybridized carbons (Fsp3) is 0.500. The van der Waals surface area contributed by atoms with Crippen LogP contribution >= 0.6 is 11.3 Å². The third-order valence-electron chi connectivity index (χ3n) is 2.51. The van der Waals surface area contributed by atoms with Crippen molar-refractivity contribution in [3.8, 4) is 0 Å². The summed E-state index contributed by atoms with van der Waals surface area (Å²) < 4.78 is 5.05. The number of hydrogen-bond acceptors (Lipinski definition) is 4. The third-order valence-corrected chi connectivity index (χ3v) is 3.59. The Morgan fingerprint density at radius 2 is 2.22 bits per heavy atom. The Morgan fingerprint density at radius 3 is 2.78 bits per heavy atom. The quantitative estimate of drug-likeness (QED) is 0.794. The molecule has 0 saturated heterocycles. The first-order valence-electron chi connectivity index (χ1n) is 5.64. The van der Waals surface area contributed by atoms with E-state index in [0.717, 1.165) is 4.88 Å². The summed E-state index contributed by atoms with van der Waals surface area (Å²) in [5.41, 5.74) is 0. The molecule has 1 aromatic heterocycles. The molecule has 2 N–H and O–H groups in total. The lowest BCUT2D eigenvalue weighted by Gasteiger charge is -2.08. The fourth-order valence-corrected chi connectivity index (χ4v) is 2.10. The van der Waals surface area contributed by atoms with Crippen molar-refractivity contribution >= 4 is 23.2 Å². The summed E-state index contributed by atoms with van der Waals surface area (Å²) in [4.78, 5) is 23.3. The maximum atomic E-state index is 11.5. The second kappa shape index (κ2) is 7.13. The van der Waals surface area contributed by atoms with Crippen LogP contribution in [0.1, 0.15) is 34.3 Å². The van der Waals surface area contributed by atoms with Gasteiger partial charge in [0.15, 0.2) is 0 Å². The Hall–Kier alpha value is -1.40. The van der Waals surface area contributed by atoms with E-state index in [9.17, 15) is 9.59 Å². The predicted molar refractivity (Wildman–Crippen MR) is 68.8 cm³/mol. The van der Waals surface area contributed by atoms with Crippen molar-refractivity contribution in [2.75, 3.05) is 7.11 Å². The van der Waals surface area contributed by atoms with Gasteiger partial charge in [-0.2, -0.15) is 0 Å². The molecule has 1 heterocycles. The number of amides is 1. The molecule has 0 saturated carbocycles. The van der Waals surface area contributed by atoms with E-state index in [1.54, 1.807) is 19.2 Å². The van der Waals surface area contributed by atoms with Gasteiger partial charge in [-0.1, -0.05) is 0 Å². The Kier molecular flexibility index (Phi) is 5.80. The Bertz CT molecular complexity index is 416. The number of rotatable bonds is 7. The summed E-state index contributed by atoms with van der Waals surface area (Å²) in [6.45, 7) is 2.28. The molecule has 1 atom stereocenters. The van der Waals surface area contributed by atoms with E-state index in [-0.39, 0.29) is 16.9 Å². The molecule has 6 heteroatoms. The molecule has 0 aliphatic heterocycles. The van der Waals surface area contributed by atoms with Crippen molar-refractivity contribution < 1.29 is 19.4 Å². The molecule has 0 radical (unpaired) electrons. The van der Waals surface area contributed by atoms with Gasteiger partial charge in [0.2, 0.25) is 5.91 Å². The van der Waals surface area contributed by atoms with Gasteiger partial charge >= 0.3 is 5.97 Å². The SMILES string of the molecule is COC(C)CCC(=O)NCc1ccc(C(=O)O)s1. The van der Waals surface area contributed by atoms with Gasteiger partial charge in [-0.3, -0.25) is 4.79 Å². The zero-order valence-electron chi connectivity index (χ0n) is 10.4. The van der Waals surface area contributed by atoms with Crippen molar-refractivity contribution in [3.05, 3.63) is 21.9 Å². The van der Waals surface area contributed by atoms with Crippen LogP contribution < -0.4 is 5.32 Å².